The zero-order chi connectivity index (χ0) is 21.3. The zero-order valence-electron chi connectivity index (χ0n) is 17.1. The molecule has 1 aromatic carbocycles. The fraction of sp³-hybridized carbons (Fsp3) is 0.227. The number of rotatable bonds is 5. The van der Waals surface area contributed by atoms with E-state index < -0.39 is 0 Å². The quantitative estimate of drug-likeness (QED) is 0.481. The van der Waals surface area contributed by atoms with Gasteiger partial charge in [0.15, 0.2) is 11.5 Å². The molecular weight excluding hydrogens is 382 g/mol. The summed E-state index contributed by atoms with van der Waals surface area (Å²) in [6, 6.07) is 10.9. The number of pyridine rings is 2. The van der Waals surface area contributed by atoms with Crippen LogP contribution in [0, 0.1) is 6.92 Å². The van der Waals surface area contributed by atoms with Crippen molar-refractivity contribution in [1.29, 1.82) is 0 Å². The molecule has 3 aromatic heterocycles. The van der Waals surface area contributed by atoms with Crippen LogP contribution in [-0.2, 0) is 4.74 Å². The minimum Gasteiger partial charge on any atom is -0.465 e. The summed E-state index contributed by atoms with van der Waals surface area (Å²) in [6.45, 7) is 5.92. The smallest absolute Gasteiger partial charge is 0.337 e. The van der Waals surface area contributed by atoms with Gasteiger partial charge in [-0.1, -0.05) is 19.0 Å². The van der Waals surface area contributed by atoms with Gasteiger partial charge in [0.25, 0.3) is 5.89 Å². The molecule has 8 nitrogen and oxygen atoms in total. The summed E-state index contributed by atoms with van der Waals surface area (Å²) in [7, 11) is 1.36. The molecule has 0 aliphatic carbocycles. The molecule has 4 aromatic rings. The molecular formula is C22H21N5O3. The van der Waals surface area contributed by atoms with E-state index in [9.17, 15) is 4.79 Å². The molecule has 1 N–H and O–H groups in total. The Morgan fingerprint density at radius 1 is 1.10 bits per heavy atom. The second kappa shape index (κ2) is 7.90. The van der Waals surface area contributed by atoms with Gasteiger partial charge in [0, 0.05) is 28.9 Å². The van der Waals surface area contributed by atoms with E-state index in [2.05, 4.69) is 25.4 Å². The van der Waals surface area contributed by atoms with E-state index in [0.717, 1.165) is 22.5 Å². The van der Waals surface area contributed by atoms with Gasteiger partial charge in [0.1, 0.15) is 0 Å². The Morgan fingerprint density at radius 3 is 2.53 bits per heavy atom. The Morgan fingerprint density at radius 2 is 1.87 bits per heavy atom. The lowest BCUT2D eigenvalue weighted by Gasteiger charge is -2.13. The van der Waals surface area contributed by atoms with Gasteiger partial charge in [-0.25, -0.2) is 14.8 Å². The standard InChI is InChI=1S/C22H21N5O3/c1-12(2)19-26-21(30-27-19)17-11-23-20-16(10-5-13(3)24-20)18(17)25-15-8-6-14(7-9-15)22(28)29-4/h5-12H,1-4H3,(H,23,24,25). The number of hydrogen-bond acceptors (Lipinski definition) is 8. The first-order valence-corrected chi connectivity index (χ1v) is 9.52. The van der Waals surface area contributed by atoms with Crippen LogP contribution >= 0.6 is 0 Å². The minimum atomic E-state index is -0.386. The van der Waals surface area contributed by atoms with Gasteiger partial charge in [-0.3, -0.25) is 0 Å². The maximum absolute atomic E-state index is 11.7. The van der Waals surface area contributed by atoms with Crippen molar-refractivity contribution in [3.8, 4) is 11.5 Å². The fourth-order valence-corrected chi connectivity index (χ4v) is 3.00. The van der Waals surface area contributed by atoms with Crippen LogP contribution in [0.15, 0.2) is 47.1 Å². The predicted molar refractivity (Wildman–Crippen MR) is 113 cm³/mol. The van der Waals surface area contributed by atoms with Gasteiger partial charge in [0.05, 0.1) is 23.9 Å². The summed E-state index contributed by atoms with van der Waals surface area (Å²) in [4.78, 5) is 25.2. The molecule has 0 aliphatic heterocycles. The molecule has 0 spiro atoms. The summed E-state index contributed by atoms with van der Waals surface area (Å²) in [5.74, 6) is 0.758. The molecule has 3 heterocycles. The van der Waals surface area contributed by atoms with E-state index in [0.29, 0.717) is 28.5 Å². The van der Waals surface area contributed by atoms with Crippen LogP contribution in [0.4, 0.5) is 11.4 Å². The molecule has 0 bridgehead atoms. The molecule has 0 fully saturated rings. The molecule has 0 unspecified atom stereocenters. The second-order valence-corrected chi connectivity index (χ2v) is 7.18. The Bertz CT molecular complexity index is 1220. The molecule has 0 saturated carbocycles. The highest BCUT2D eigenvalue weighted by molar-refractivity contribution is 5.98. The number of carbonyl (C=O) groups excluding carboxylic acids is 1. The highest BCUT2D eigenvalue weighted by atomic mass is 16.5. The van der Waals surface area contributed by atoms with Crippen molar-refractivity contribution in [2.45, 2.75) is 26.7 Å². The summed E-state index contributed by atoms with van der Waals surface area (Å²) in [5.41, 5.74) is 4.15. The lowest BCUT2D eigenvalue weighted by Crippen LogP contribution is -2.02. The van der Waals surface area contributed by atoms with E-state index >= 15 is 0 Å². The van der Waals surface area contributed by atoms with E-state index in [-0.39, 0.29) is 11.9 Å². The van der Waals surface area contributed by atoms with Gasteiger partial charge in [0.2, 0.25) is 0 Å². The molecule has 8 heteroatoms. The molecule has 4 rings (SSSR count). The van der Waals surface area contributed by atoms with Crippen LogP contribution in [0.3, 0.4) is 0 Å². The van der Waals surface area contributed by atoms with E-state index in [1.54, 1.807) is 30.5 Å². The van der Waals surface area contributed by atoms with Crippen molar-refractivity contribution < 1.29 is 14.1 Å². The van der Waals surface area contributed by atoms with Crippen LogP contribution in [-0.4, -0.2) is 33.2 Å². The number of fused-ring (bicyclic) bond motifs is 1. The molecule has 0 aliphatic rings. The predicted octanol–water partition coefficient (Wildman–Crippen LogP) is 4.64. The Hall–Kier alpha value is -3.81. The molecule has 0 amide bonds. The lowest BCUT2D eigenvalue weighted by atomic mass is 10.1. The van der Waals surface area contributed by atoms with Crippen molar-refractivity contribution in [1.82, 2.24) is 20.1 Å². The number of nitrogens with zero attached hydrogens (tertiary/aromatic N) is 4. The number of benzene rings is 1. The summed E-state index contributed by atoms with van der Waals surface area (Å²) < 4.78 is 10.3. The number of aromatic nitrogens is 4. The molecule has 0 radical (unpaired) electrons. The zero-order valence-corrected chi connectivity index (χ0v) is 17.1. The van der Waals surface area contributed by atoms with Gasteiger partial charge >= 0.3 is 5.97 Å². The van der Waals surface area contributed by atoms with Gasteiger partial charge in [-0.05, 0) is 43.3 Å². The third-order valence-electron chi connectivity index (χ3n) is 4.63. The normalized spacial score (nSPS) is 11.1. The van der Waals surface area contributed by atoms with Crippen molar-refractivity contribution in [3.63, 3.8) is 0 Å². The topological polar surface area (TPSA) is 103 Å². The number of carbonyl (C=O) groups is 1. The van der Waals surface area contributed by atoms with E-state index in [4.69, 9.17) is 9.26 Å². The molecule has 0 saturated heterocycles. The number of anilines is 2. The Labute approximate surface area is 173 Å². The molecule has 0 atom stereocenters. The average Bonchev–Trinajstić information content (AvgIpc) is 3.24. The Kier molecular flexibility index (Phi) is 5.14. The lowest BCUT2D eigenvalue weighted by molar-refractivity contribution is 0.0601. The third kappa shape index (κ3) is 3.71. The third-order valence-corrected chi connectivity index (χ3v) is 4.63. The first kappa shape index (κ1) is 19.5. The van der Waals surface area contributed by atoms with Crippen LogP contribution in [0.5, 0.6) is 0 Å². The first-order chi connectivity index (χ1) is 14.5. The van der Waals surface area contributed by atoms with E-state index in [1.807, 2.05) is 32.9 Å². The number of hydrogen-bond donors (Lipinski definition) is 1. The average molecular weight is 403 g/mol. The van der Waals surface area contributed by atoms with Crippen molar-refractivity contribution >= 4 is 28.4 Å². The molecule has 30 heavy (non-hydrogen) atoms. The largest absolute Gasteiger partial charge is 0.465 e. The maximum Gasteiger partial charge on any atom is 0.337 e. The second-order valence-electron chi connectivity index (χ2n) is 7.18. The van der Waals surface area contributed by atoms with Crippen LogP contribution in [0.25, 0.3) is 22.5 Å². The molecule has 152 valence electrons. The summed E-state index contributed by atoms with van der Waals surface area (Å²) in [6.07, 6.45) is 1.68. The number of methoxy groups -OCH3 is 1. The fourth-order valence-electron chi connectivity index (χ4n) is 3.00. The van der Waals surface area contributed by atoms with Gasteiger partial charge < -0.3 is 14.6 Å². The monoisotopic (exact) mass is 403 g/mol. The van der Waals surface area contributed by atoms with Crippen molar-refractivity contribution in [2.24, 2.45) is 0 Å². The number of esters is 1. The highest BCUT2D eigenvalue weighted by Gasteiger charge is 2.19. The van der Waals surface area contributed by atoms with Gasteiger partial charge in [-0.15, -0.1) is 0 Å². The minimum absolute atomic E-state index is 0.141. The van der Waals surface area contributed by atoms with Crippen LogP contribution < -0.4 is 5.32 Å². The van der Waals surface area contributed by atoms with Crippen molar-refractivity contribution in [2.75, 3.05) is 12.4 Å². The van der Waals surface area contributed by atoms with Crippen LogP contribution in [0.1, 0.15) is 41.6 Å². The number of ether oxygens (including phenoxy) is 1. The maximum atomic E-state index is 11.7. The van der Waals surface area contributed by atoms with Crippen LogP contribution in [0.2, 0.25) is 0 Å². The Balaban J connectivity index is 1.81. The van der Waals surface area contributed by atoms with Crippen molar-refractivity contribution in [3.05, 3.63) is 59.7 Å². The highest BCUT2D eigenvalue weighted by Crippen LogP contribution is 2.35. The summed E-state index contributed by atoms with van der Waals surface area (Å²) in [5, 5.41) is 8.28. The van der Waals surface area contributed by atoms with Gasteiger partial charge in [-0.2, -0.15) is 4.98 Å². The number of nitrogens with one attached hydrogen (secondary N) is 1. The summed E-state index contributed by atoms with van der Waals surface area (Å²) >= 11 is 0. The first-order valence-electron chi connectivity index (χ1n) is 9.52. The SMILES string of the molecule is COC(=O)c1ccc(Nc2c(-c3nc(C(C)C)no3)cnc3nc(C)ccc23)cc1. The number of aryl methyl sites for hydroxylation is 1. The van der Waals surface area contributed by atoms with E-state index in [1.165, 1.54) is 7.11 Å².